The predicted molar refractivity (Wildman–Crippen MR) is 123 cm³/mol. The van der Waals surface area contributed by atoms with Crippen LogP contribution in [0.1, 0.15) is 27.0 Å². The molecule has 0 atom stereocenters. The van der Waals surface area contributed by atoms with E-state index in [0.717, 1.165) is 5.56 Å². The number of hydrogen-bond donors (Lipinski definition) is 3. The maximum absolute atomic E-state index is 12.6. The zero-order valence-corrected chi connectivity index (χ0v) is 18.2. The molecule has 0 bridgehead atoms. The summed E-state index contributed by atoms with van der Waals surface area (Å²) in [6, 6.07) is 23.1. The highest BCUT2D eigenvalue weighted by Crippen LogP contribution is 2.12. The van der Waals surface area contributed by atoms with E-state index in [4.69, 9.17) is 5.26 Å². The first-order valence-corrected chi connectivity index (χ1v) is 11.3. The first kappa shape index (κ1) is 23.4. The van der Waals surface area contributed by atoms with Crippen LogP contribution >= 0.6 is 0 Å². The highest BCUT2D eigenvalue weighted by Gasteiger charge is 2.16. The molecule has 3 N–H and O–H groups in total. The minimum atomic E-state index is -3.84. The summed E-state index contributed by atoms with van der Waals surface area (Å²) in [5, 5.41) is 8.79. The van der Waals surface area contributed by atoms with Gasteiger partial charge in [-0.2, -0.15) is 5.26 Å². The van der Waals surface area contributed by atoms with Crippen molar-refractivity contribution < 1.29 is 18.0 Å². The van der Waals surface area contributed by atoms with Crippen molar-refractivity contribution in [2.75, 3.05) is 0 Å². The Morgan fingerprint density at radius 2 is 1.64 bits per heavy atom. The minimum absolute atomic E-state index is 0.0638. The van der Waals surface area contributed by atoms with E-state index in [1.165, 1.54) is 36.4 Å². The number of nitrogens with zero attached hydrogens (tertiary/aromatic N) is 1. The largest absolute Gasteiger partial charge is 0.269 e. The van der Waals surface area contributed by atoms with Crippen LogP contribution in [0.15, 0.2) is 89.8 Å². The number of nitrogens with one attached hydrogen (secondary N) is 3. The quantitative estimate of drug-likeness (QED) is 0.369. The molecule has 0 radical (unpaired) electrons. The molecular weight excluding hydrogens is 440 g/mol. The zero-order valence-electron chi connectivity index (χ0n) is 17.4. The first-order chi connectivity index (χ1) is 15.9. The van der Waals surface area contributed by atoms with Crippen LogP contribution in [-0.2, 0) is 21.4 Å². The van der Waals surface area contributed by atoms with E-state index in [-0.39, 0.29) is 17.0 Å². The molecule has 3 aromatic rings. The average Bonchev–Trinajstić information content (AvgIpc) is 2.86. The molecule has 0 fully saturated rings. The van der Waals surface area contributed by atoms with Crippen LogP contribution in [0, 0.1) is 11.3 Å². The Bertz CT molecular complexity index is 1310. The molecule has 0 unspecified atom stereocenters. The van der Waals surface area contributed by atoms with Crippen molar-refractivity contribution in [3.63, 3.8) is 0 Å². The third kappa shape index (κ3) is 6.87. The molecule has 0 spiro atoms. The lowest BCUT2D eigenvalue weighted by Crippen LogP contribution is -2.40. The summed E-state index contributed by atoms with van der Waals surface area (Å²) in [6.07, 6.45) is 2.74. The highest BCUT2D eigenvalue weighted by molar-refractivity contribution is 7.89. The molecule has 9 heteroatoms. The predicted octanol–water partition coefficient (Wildman–Crippen LogP) is 2.51. The molecule has 2 amide bonds. The number of hydrazine groups is 1. The second-order valence-electron chi connectivity index (χ2n) is 6.85. The van der Waals surface area contributed by atoms with Crippen molar-refractivity contribution in [1.82, 2.24) is 15.6 Å². The second kappa shape index (κ2) is 10.9. The molecule has 166 valence electrons. The van der Waals surface area contributed by atoms with Gasteiger partial charge in [0.15, 0.2) is 0 Å². The molecule has 0 aliphatic carbocycles. The summed E-state index contributed by atoms with van der Waals surface area (Å²) >= 11 is 0. The molecule has 0 saturated carbocycles. The van der Waals surface area contributed by atoms with E-state index in [1.54, 1.807) is 36.4 Å². The topological polar surface area (TPSA) is 128 Å². The highest BCUT2D eigenvalue weighted by atomic mass is 32.2. The van der Waals surface area contributed by atoms with Crippen molar-refractivity contribution in [2.45, 2.75) is 11.4 Å². The lowest BCUT2D eigenvalue weighted by Gasteiger charge is -2.09. The Kier molecular flexibility index (Phi) is 7.70. The maximum atomic E-state index is 12.6. The number of carbonyl (C=O) groups excluding carboxylic acids is 2. The first-order valence-electron chi connectivity index (χ1n) is 9.79. The van der Waals surface area contributed by atoms with Gasteiger partial charge in [0.25, 0.3) is 11.8 Å². The molecule has 0 aliphatic rings. The lowest BCUT2D eigenvalue weighted by molar-refractivity contribution is -0.117. The smallest absolute Gasteiger partial charge is 0.268 e. The van der Waals surface area contributed by atoms with E-state index in [2.05, 4.69) is 15.6 Å². The SMILES string of the molecule is N#Cc1ccc(/C=C/C(=O)NNC(=O)c2cccc(S(=O)(=O)NCc3ccccc3)c2)cc1. The Labute approximate surface area is 191 Å². The van der Waals surface area contributed by atoms with E-state index in [0.29, 0.717) is 11.1 Å². The number of carbonyl (C=O) groups is 2. The van der Waals surface area contributed by atoms with Crippen LogP contribution in [-0.4, -0.2) is 20.2 Å². The van der Waals surface area contributed by atoms with Crippen molar-refractivity contribution in [1.29, 1.82) is 5.26 Å². The average molecular weight is 461 g/mol. The summed E-state index contributed by atoms with van der Waals surface area (Å²) in [4.78, 5) is 24.2. The van der Waals surface area contributed by atoms with Gasteiger partial charge in [-0.1, -0.05) is 48.5 Å². The van der Waals surface area contributed by atoms with Gasteiger partial charge in [0.1, 0.15) is 0 Å². The summed E-state index contributed by atoms with van der Waals surface area (Å²) in [7, 11) is -3.84. The standard InChI is InChI=1S/C24H20N4O4S/c25-16-19-11-9-18(10-12-19)13-14-23(29)27-28-24(30)21-7-4-8-22(15-21)33(31,32)26-17-20-5-2-1-3-6-20/h1-15,26H,17H2,(H,27,29)(H,28,30)/b14-13+. The van der Waals surface area contributed by atoms with Crippen molar-refractivity contribution in [3.05, 3.63) is 107 Å². The lowest BCUT2D eigenvalue weighted by atomic mass is 10.1. The minimum Gasteiger partial charge on any atom is -0.268 e. The summed E-state index contributed by atoms with van der Waals surface area (Å²) in [6.45, 7) is 0.112. The number of amides is 2. The van der Waals surface area contributed by atoms with Crippen LogP contribution in [0.5, 0.6) is 0 Å². The Balaban J connectivity index is 1.57. The Morgan fingerprint density at radius 1 is 0.909 bits per heavy atom. The van der Waals surface area contributed by atoms with Crippen LogP contribution in [0.3, 0.4) is 0 Å². The maximum Gasteiger partial charge on any atom is 0.269 e. The van der Waals surface area contributed by atoms with Gasteiger partial charge < -0.3 is 0 Å². The number of rotatable bonds is 7. The molecule has 3 aromatic carbocycles. The molecule has 0 aromatic heterocycles. The van der Waals surface area contributed by atoms with E-state index in [1.807, 2.05) is 24.3 Å². The van der Waals surface area contributed by atoms with Gasteiger partial charge in [-0.15, -0.1) is 0 Å². The van der Waals surface area contributed by atoms with E-state index < -0.39 is 21.8 Å². The molecule has 0 aliphatic heterocycles. The summed E-state index contributed by atoms with van der Waals surface area (Å²) in [5.74, 6) is -1.25. The Hall–Kier alpha value is -4.26. The second-order valence-corrected chi connectivity index (χ2v) is 8.62. The van der Waals surface area contributed by atoms with Crippen LogP contribution in [0.2, 0.25) is 0 Å². The molecule has 0 heterocycles. The molecular formula is C24H20N4O4S. The third-order valence-electron chi connectivity index (χ3n) is 4.48. The monoisotopic (exact) mass is 460 g/mol. The molecule has 8 nitrogen and oxygen atoms in total. The zero-order chi connectivity index (χ0) is 23.7. The van der Waals surface area contributed by atoms with Gasteiger partial charge in [0.05, 0.1) is 16.5 Å². The van der Waals surface area contributed by atoms with Gasteiger partial charge in [0.2, 0.25) is 10.0 Å². The number of nitriles is 1. The van der Waals surface area contributed by atoms with E-state index in [9.17, 15) is 18.0 Å². The normalized spacial score (nSPS) is 11.0. The fourth-order valence-corrected chi connectivity index (χ4v) is 3.80. The van der Waals surface area contributed by atoms with Gasteiger partial charge in [0, 0.05) is 18.2 Å². The fourth-order valence-electron chi connectivity index (χ4n) is 2.73. The number of sulfonamides is 1. The number of benzene rings is 3. The van der Waals surface area contributed by atoms with Crippen LogP contribution in [0.4, 0.5) is 0 Å². The summed E-state index contributed by atoms with van der Waals surface area (Å²) in [5.41, 5.74) is 6.55. The van der Waals surface area contributed by atoms with Crippen molar-refractivity contribution in [3.8, 4) is 6.07 Å². The Morgan fingerprint density at radius 3 is 2.33 bits per heavy atom. The van der Waals surface area contributed by atoms with Crippen molar-refractivity contribution >= 4 is 27.9 Å². The van der Waals surface area contributed by atoms with Crippen LogP contribution < -0.4 is 15.6 Å². The third-order valence-corrected chi connectivity index (χ3v) is 5.88. The fraction of sp³-hybridized carbons (Fsp3) is 0.0417. The van der Waals surface area contributed by atoms with Crippen molar-refractivity contribution in [2.24, 2.45) is 0 Å². The van der Waals surface area contributed by atoms with Gasteiger partial charge in [-0.3, -0.25) is 20.4 Å². The van der Waals surface area contributed by atoms with Crippen LogP contribution in [0.25, 0.3) is 6.08 Å². The molecule has 3 rings (SSSR count). The van der Waals surface area contributed by atoms with E-state index >= 15 is 0 Å². The van der Waals surface area contributed by atoms with Gasteiger partial charge in [-0.05, 0) is 47.5 Å². The van der Waals surface area contributed by atoms with Gasteiger partial charge >= 0.3 is 0 Å². The molecule has 33 heavy (non-hydrogen) atoms. The van der Waals surface area contributed by atoms with Gasteiger partial charge in [-0.25, -0.2) is 13.1 Å². The molecule has 0 saturated heterocycles. The summed E-state index contributed by atoms with van der Waals surface area (Å²) < 4.78 is 27.6. The number of hydrogen-bond acceptors (Lipinski definition) is 5.